The van der Waals surface area contributed by atoms with Crippen molar-refractivity contribution in [2.45, 2.75) is 33.8 Å². The molecule has 0 amide bonds. The number of rotatable bonds is 4. The molecular weight excluding hydrogens is 241 g/mol. The Morgan fingerprint density at radius 1 is 1.32 bits per heavy atom. The smallest absolute Gasteiger partial charge is 0.124 e. The molecule has 0 heterocycles. The van der Waals surface area contributed by atoms with Gasteiger partial charge in [-0.15, -0.1) is 0 Å². The van der Waals surface area contributed by atoms with Gasteiger partial charge in [0.25, 0.3) is 0 Å². The monoisotopic (exact) mass is 263 g/mol. The van der Waals surface area contributed by atoms with Gasteiger partial charge in [-0.25, -0.2) is 4.39 Å². The van der Waals surface area contributed by atoms with Crippen LogP contribution in [0.2, 0.25) is 0 Å². The van der Waals surface area contributed by atoms with Crippen molar-refractivity contribution in [3.05, 3.63) is 35.1 Å². The number of hydrogen-bond acceptors (Lipinski definition) is 2. The summed E-state index contributed by atoms with van der Waals surface area (Å²) in [5.41, 5.74) is 7.14. The zero-order chi connectivity index (χ0) is 14.3. The molecule has 1 rings (SSSR count). The second-order valence-electron chi connectivity index (χ2n) is 5.67. The Balaban J connectivity index is 2.62. The van der Waals surface area contributed by atoms with E-state index >= 15 is 0 Å². The number of halogens is 1. The summed E-state index contributed by atoms with van der Waals surface area (Å²) in [6, 6.07) is 4.56. The van der Waals surface area contributed by atoms with Crippen LogP contribution in [0.3, 0.4) is 0 Å². The van der Waals surface area contributed by atoms with Gasteiger partial charge < -0.3 is 10.5 Å². The third kappa shape index (κ3) is 6.37. The van der Waals surface area contributed by atoms with Crippen molar-refractivity contribution >= 4 is 0 Å². The molecular formula is C16H22FNO. The van der Waals surface area contributed by atoms with Crippen LogP contribution in [0, 0.1) is 23.1 Å². The Bertz CT molecular complexity index is 466. The van der Waals surface area contributed by atoms with E-state index in [1.807, 2.05) is 0 Å². The van der Waals surface area contributed by atoms with E-state index in [0.717, 1.165) is 12.0 Å². The minimum absolute atomic E-state index is 0.255. The van der Waals surface area contributed by atoms with Gasteiger partial charge in [0.2, 0.25) is 0 Å². The van der Waals surface area contributed by atoms with Gasteiger partial charge in [-0.1, -0.05) is 38.7 Å². The minimum atomic E-state index is -0.292. The van der Waals surface area contributed by atoms with E-state index in [1.54, 1.807) is 6.07 Å². The van der Waals surface area contributed by atoms with E-state index in [9.17, 15) is 4.39 Å². The Morgan fingerprint density at radius 2 is 2.05 bits per heavy atom. The number of benzene rings is 1. The van der Waals surface area contributed by atoms with Crippen LogP contribution in [0.5, 0.6) is 0 Å². The number of hydrogen-bond donors (Lipinski definition) is 1. The zero-order valence-electron chi connectivity index (χ0n) is 11.9. The first-order chi connectivity index (χ1) is 8.92. The summed E-state index contributed by atoms with van der Waals surface area (Å²) in [4.78, 5) is 0. The molecule has 0 spiro atoms. The highest BCUT2D eigenvalue weighted by Gasteiger charge is 2.10. The Kier molecular flexibility index (Phi) is 6.01. The molecule has 1 aromatic rings. The molecule has 0 aliphatic carbocycles. The van der Waals surface area contributed by atoms with Crippen molar-refractivity contribution in [2.24, 2.45) is 11.1 Å². The molecule has 0 aliphatic heterocycles. The third-order valence-electron chi connectivity index (χ3n) is 2.65. The quantitative estimate of drug-likeness (QED) is 0.669. The maximum atomic E-state index is 13.2. The van der Waals surface area contributed by atoms with E-state index in [1.165, 1.54) is 12.1 Å². The van der Waals surface area contributed by atoms with Crippen LogP contribution in [0.1, 0.15) is 38.3 Å². The van der Waals surface area contributed by atoms with Crippen LogP contribution in [-0.4, -0.2) is 13.2 Å². The fourth-order valence-corrected chi connectivity index (χ4v) is 1.50. The number of nitrogens with two attached hydrogens (primary N) is 1. The minimum Gasteiger partial charge on any atom is -0.377 e. The molecule has 0 bridgehead atoms. The largest absolute Gasteiger partial charge is 0.377 e. The molecule has 19 heavy (non-hydrogen) atoms. The van der Waals surface area contributed by atoms with Gasteiger partial charge in [-0.3, -0.25) is 0 Å². The van der Waals surface area contributed by atoms with Gasteiger partial charge >= 0.3 is 0 Å². The van der Waals surface area contributed by atoms with E-state index in [-0.39, 0.29) is 17.8 Å². The lowest BCUT2D eigenvalue weighted by Gasteiger charge is -2.17. The van der Waals surface area contributed by atoms with E-state index in [0.29, 0.717) is 18.8 Å². The van der Waals surface area contributed by atoms with Crippen LogP contribution in [-0.2, 0) is 11.3 Å². The highest BCUT2D eigenvalue weighted by atomic mass is 19.1. The fraction of sp³-hybridized carbons (Fsp3) is 0.500. The van der Waals surface area contributed by atoms with E-state index in [4.69, 9.17) is 10.5 Å². The molecule has 0 atom stereocenters. The maximum Gasteiger partial charge on any atom is 0.124 e. The summed E-state index contributed by atoms with van der Waals surface area (Å²) >= 11 is 0. The average molecular weight is 263 g/mol. The zero-order valence-corrected chi connectivity index (χ0v) is 11.9. The lowest BCUT2D eigenvalue weighted by molar-refractivity contribution is 0.0961. The molecule has 0 fully saturated rings. The van der Waals surface area contributed by atoms with Crippen LogP contribution >= 0.6 is 0 Å². The lowest BCUT2D eigenvalue weighted by Crippen LogP contribution is -2.09. The predicted molar refractivity (Wildman–Crippen MR) is 76.1 cm³/mol. The second kappa shape index (κ2) is 7.28. The molecule has 1 aromatic carbocycles. The first-order valence-electron chi connectivity index (χ1n) is 6.47. The first-order valence-corrected chi connectivity index (χ1v) is 6.47. The Labute approximate surface area is 115 Å². The van der Waals surface area contributed by atoms with Crippen LogP contribution in [0.15, 0.2) is 18.2 Å². The van der Waals surface area contributed by atoms with E-state index in [2.05, 4.69) is 32.6 Å². The van der Waals surface area contributed by atoms with Crippen molar-refractivity contribution in [3.8, 4) is 11.8 Å². The van der Waals surface area contributed by atoms with Gasteiger partial charge in [-0.05, 0) is 29.5 Å². The van der Waals surface area contributed by atoms with Crippen molar-refractivity contribution in [3.63, 3.8) is 0 Å². The first kappa shape index (κ1) is 15.7. The molecule has 0 radical (unpaired) electrons. The van der Waals surface area contributed by atoms with Gasteiger partial charge in [-0.2, -0.15) is 0 Å². The molecule has 2 nitrogen and oxygen atoms in total. The van der Waals surface area contributed by atoms with Gasteiger partial charge in [0, 0.05) is 12.2 Å². The molecule has 0 unspecified atom stereocenters. The van der Waals surface area contributed by atoms with Crippen LogP contribution < -0.4 is 5.73 Å². The molecule has 0 aliphatic rings. The highest BCUT2D eigenvalue weighted by molar-refractivity contribution is 5.41. The van der Waals surface area contributed by atoms with Crippen molar-refractivity contribution in [2.75, 3.05) is 13.2 Å². The van der Waals surface area contributed by atoms with Crippen molar-refractivity contribution in [1.29, 1.82) is 0 Å². The molecule has 104 valence electrons. The Morgan fingerprint density at radius 3 is 2.68 bits per heavy atom. The molecule has 2 N–H and O–H groups in total. The molecule has 0 aromatic heterocycles. The lowest BCUT2D eigenvalue weighted by atomic mass is 9.93. The summed E-state index contributed by atoms with van der Waals surface area (Å²) in [5, 5.41) is 0. The van der Waals surface area contributed by atoms with Crippen molar-refractivity contribution < 1.29 is 9.13 Å². The third-order valence-corrected chi connectivity index (χ3v) is 2.65. The van der Waals surface area contributed by atoms with E-state index < -0.39 is 0 Å². The van der Waals surface area contributed by atoms with Gasteiger partial charge in [0.1, 0.15) is 5.82 Å². The highest BCUT2D eigenvalue weighted by Crippen LogP contribution is 2.19. The second-order valence-corrected chi connectivity index (χ2v) is 5.67. The summed E-state index contributed by atoms with van der Waals surface area (Å²) in [7, 11) is 0. The predicted octanol–water partition coefficient (Wildman–Crippen LogP) is 3.09. The number of ether oxygens (including phenoxy) is 1. The van der Waals surface area contributed by atoms with Crippen LogP contribution in [0.4, 0.5) is 4.39 Å². The van der Waals surface area contributed by atoms with Crippen LogP contribution in [0.25, 0.3) is 0 Å². The topological polar surface area (TPSA) is 35.2 Å². The Hall–Kier alpha value is -1.37. The molecule has 0 saturated carbocycles. The summed E-state index contributed by atoms with van der Waals surface area (Å²) in [5.74, 6) is 5.33. The summed E-state index contributed by atoms with van der Waals surface area (Å²) < 4.78 is 18.8. The average Bonchev–Trinajstić information content (AvgIpc) is 2.32. The van der Waals surface area contributed by atoms with Gasteiger partial charge in [0.15, 0.2) is 0 Å². The molecule has 0 saturated heterocycles. The normalized spacial score (nSPS) is 11.0. The maximum absolute atomic E-state index is 13.2. The summed E-state index contributed by atoms with van der Waals surface area (Å²) in [6.07, 6.45) is 0.984. The van der Waals surface area contributed by atoms with Gasteiger partial charge in [0.05, 0.1) is 13.2 Å². The SMILES string of the molecule is CC(C)(C)CCOCc1ccc(F)cc1C#CCN. The summed E-state index contributed by atoms with van der Waals surface area (Å²) in [6.45, 7) is 7.92. The molecule has 3 heteroatoms. The fourth-order valence-electron chi connectivity index (χ4n) is 1.50. The standard InChI is InChI=1S/C16H22FNO/c1-16(2,3)8-10-19-12-14-6-7-15(17)11-13(14)5-4-9-18/h6-7,11H,8-10,12,18H2,1-3H3. The van der Waals surface area contributed by atoms with Crippen molar-refractivity contribution in [1.82, 2.24) is 0 Å².